The molecule has 3 aromatic carbocycles. The van der Waals surface area contributed by atoms with Crippen LogP contribution in [-0.4, -0.2) is 12.2 Å². The first-order valence-corrected chi connectivity index (χ1v) is 11.7. The molecule has 1 amide bonds. The highest BCUT2D eigenvalue weighted by atomic mass is 79.9. The van der Waals surface area contributed by atoms with Crippen molar-refractivity contribution in [3.63, 3.8) is 0 Å². The number of benzene rings is 3. The number of amides is 1. The predicted molar refractivity (Wildman–Crippen MR) is 129 cm³/mol. The van der Waals surface area contributed by atoms with Gasteiger partial charge in [-0.15, -0.1) is 0 Å². The SMILES string of the molecule is O=CC1=CCC(c2ccccc2Br)C2(C(=O)Nc3ccccc32)C1c1ccccc1Br. The van der Waals surface area contributed by atoms with Crippen molar-refractivity contribution < 1.29 is 9.59 Å². The number of anilines is 1. The largest absolute Gasteiger partial charge is 0.325 e. The molecule has 0 radical (unpaired) electrons. The topological polar surface area (TPSA) is 46.2 Å². The number of hydrogen-bond acceptors (Lipinski definition) is 2. The quantitative estimate of drug-likeness (QED) is 0.388. The smallest absolute Gasteiger partial charge is 0.236 e. The van der Waals surface area contributed by atoms with Crippen molar-refractivity contribution >= 4 is 49.7 Å². The summed E-state index contributed by atoms with van der Waals surface area (Å²) in [7, 11) is 0. The minimum absolute atomic E-state index is 0.0670. The second-order valence-corrected chi connectivity index (χ2v) is 9.66. The van der Waals surface area contributed by atoms with Crippen LogP contribution in [0.4, 0.5) is 5.69 Å². The Kier molecular flexibility index (Phi) is 5.19. The van der Waals surface area contributed by atoms with Crippen molar-refractivity contribution in [2.75, 3.05) is 5.32 Å². The summed E-state index contributed by atoms with van der Waals surface area (Å²) in [6, 6.07) is 23.8. The molecule has 5 rings (SSSR count). The predicted octanol–water partition coefficient (Wildman–Crippen LogP) is 6.50. The summed E-state index contributed by atoms with van der Waals surface area (Å²) >= 11 is 7.40. The zero-order valence-corrected chi connectivity index (χ0v) is 19.7. The lowest BCUT2D eigenvalue weighted by molar-refractivity contribution is -0.122. The molecule has 3 nitrogen and oxygen atoms in total. The molecule has 154 valence electrons. The summed E-state index contributed by atoms with van der Waals surface area (Å²) in [4.78, 5) is 26.3. The molecule has 0 saturated heterocycles. The normalized spacial score (nSPS) is 24.5. The third-order valence-electron chi connectivity index (χ3n) is 6.56. The second kappa shape index (κ2) is 7.88. The molecule has 0 bridgehead atoms. The van der Waals surface area contributed by atoms with Gasteiger partial charge in [-0.1, -0.05) is 92.5 Å². The standard InChI is InChI=1S/C26H19Br2NO2/c27-21-10-4-1-7-17(21)19-14-13-16(15-30)24(18-8-2-5-11-22(18)28)26(19)20-9-3-6-12-23(20)29-25(26)31/h1-13,15,19,24H,14H2,(H,29,31). The zero-order valence-electron chi connectivity index (χ0n) is 16.5. The molecule has 0 fully saturated rings. The second-order valence-electron chi connectivity index (χ2n) is 7.96. The molecule has 0 aromatic heterocycles. The maximum absolute atomic E-state index is 14.0. The van der Waals surface area contributed by atoms with Gasteiger partial charge in [0.15, 0.2) is 0 Å². The summed E-state index contributed by atoms with van der Waals surface area (Å²) in [6.45, 7) is 0. The van der Waals surface area contributed by atoms with Crippen LogP contribution in [-0.2, 0) is 15.0 Å². The van der Waals surface area contributed by atoms with E-state index in [1.807, 2.05) is 72.8 Å². The van der Waals surface area contributed by atoms with Crippen LogP contribution in [0, 0.1) is 0 Å². The van der Waals surface area contributed by atoms with Gasteiger partial charge in [-0.05, 0) is 46.9 Å². The molecule has 1 heterocycles. The highest BCUT2D eigenvalue weighted by molar-refractivity contribution is 9.10. The van der Waals surface area contributed by atoms with Gasteiger partial charge in [0, 0.05) is 26.5 Å². The van der Waals surface area contributed by atoms with Gasteiger partial charge in [0.1, 0.15) is 6.29 Å². The van der Waals surface area contributed by atoms with Gasteiger partial charge in [0.05, 0.1) is 5.41 Å². The number of nitrogens with one attached hydrogen (secondary N) is 1. The minimum atomic E-state index is -0.949. The number of carbonyl (C=O) groups excluding carboxylic acids is 2. The molecule has 1 N–H and O–H groups in total. The highest BCUT2D eigenvalue weighted by Gasteiger charge is 2.60. The third kappa shape index (κ3) is 2.98. The first-order chi connectivity index (χ1) is 15.1. The van der Waals surface area contributed by atoms with E-state index in [-0.39, 0.29) is 11.8 Å². The zero-order chi connectivity index (χ0) is 21.6. The van der Waals surface area contributed by atoms with Crippen LogP contribution in [0.25, 0.3) is 0 Å². The Morgan fingerprint density at radius 2 is 1.48 bits per heavy atom. The molecule has 31 heavy (non-hydrogen) atoms. The van der Waals surface area contributed by atoms with E-state index in [1.165, 1.54) is 0 Å². The van der Waals surface area contributed by atoms with Crippen molar-refractivity contribution in [1.82, 2.24) is 0 Å². The first kappa shape index (κ1) is 20.4. The van der Waals surface area contributed by atoms with Crippen LogP contribution < -0.4 is 5.32 Å². The summed E-state index contributed by atoms with van der Waals surface area (Å²) in [5.41, 5.74) is 3.44. The molecular weight excluding hydrogens is 518 g/mol. The Hall–Kier alpha value is -2.50. The molecule has 5 heteroatoms. The molecule has 1 aliphatic carbocycles. The lowest BCUT2D eigenvalue weighted by Gasteiger charge is -2.46. The Labute approximate surface area is 197 Å². The molecule has 3 aromatic rings. The summed E-state index contributed by atoms with van der Waals surface area (Å²) in [5, 5.41) is 3.13. The Morgan fingerprint density at radius 3 is 2.16 bits per heavy atom. The number of halogens is 2. The van der Waals surface area contributed by atoms with Gasteiger partial charge in [-0.3, -0.25) is 9.59 Å². The maximum Gasteiger partial charge on any atom is 0.236 e. The number of allylic oxidation sites excluding steroid dienone is 2. The molecule has 2 aliphatic rings. The monoisotopic (exact) mass is 535 g/mol. The molecule has 1 spiro atoms. The average Bonchev–Trinajstić information content (AvgIpc) is 3.07. The lowest BCUT2D eigenvalue weighted by atomic mass is 9.54. The number of hydrogen-bond donors (Lipinski definition) is 1. The van der Waals surface area contributed by atoms with Crippen LogP contribution in [0.2, 0.25) is 0 Å². The minimum Gasteiger partial charge on any atom is -0.325 e. The number of fused-ring (bicyclic) bond motifs is 2. The fourth-order valence-electron chi connectivity index (χ4n) is 5.34. The van der Waals surface area contributed by atoms with Crippen molar-refractivity contribution in [1.29, 1.82) is 0 Å². The van der Waals surface area contributed by atoms with E-state index < -0.39 is 11.3 Å². The lowest BCUT2D eigenvalue weighted by Crippen LogP contribution is -2.48. The average molecular weight is 537 g/mol. The molecule has 3 atom stereocenters. The van der Waals surface area contributed by atoms with Crippen molar-refractivity contribution in [3.05, 3.63) is 110 Å². The fourth-order valence-corrected chi connectivity index (χ4v) is 6.41. The van der Waals surface area contributed by atoms with E-state index >= 15 is 0 Å². The van der Waals surface area contributed by atoms with Gasteiger partial charge >= 0.3 is 0 Å². The molecular formula is C26H19Br2NO2. The first-order valence-electron chi connectivity index (χ1n) is 10.1. The van der Waals surface area contributed by atoms with Crippen LogP contribution in [0.1, 0.15) is 34.9 Å². The number of para-hydroxylation sites is 1. The summed E-state index contributed by atoms with van der Waals surface area (Å²) in [5.74, 6) is -0.634. The van der Waals surface area contributed by atoms with Gasteiger partial charge in [0.2, 0.25) is 5.91 Å². The van der Waals surface area contributed by atoms with Crippen molar-refractivity contribution in [2.24, 2.45) is 0 Å². The van der Waals surface area contributed by atoms with Crippen LogP contribution in [0.15, 0.2) is 93.4 Å². The van der Waals surface area contributed by atoms with Crippen LogP contribution in [0.5, 0.6) is 0 Å². The van der Waals surface area contributed by atoms with Crippen LogP contribution >= 0.6 is 31.9 Å². The molecule has 0 saturated carbocycles. The van der Waals surface area contributed by atoms with Gasteiger partial charge in [-0.25, -0.2) is 0 Å². The maximum atomic E-state index is 14.0. The third-order valence-corrected chi connectivity index (χ3v) is 8.00. The van der Waals surface area contributed by atoms with E-state index in [2.05, 4.69) is 43.2 Å². The summed E-state index contributed by atoms with van der Waals surface area (Å²) < 4.78 is 1.85. The Balaban J connectivity index is 1.88. The fraction of sp³-hybridized carbons (Fsp3) is 0.154. The van der Waals surface area contributed by atoms with E-state index in [0.29, 0.717) is 12.0 Å². The van der Waals surface area contributed by atoms with Crippen LogP contribution in [0.3, 0.4) is 0 Å². The van der Waals surface area contributed by atoms with Crippen molar-refractivity contribution in [2.45, 2.75) is 23.7 Å². The van der Waals surface area contributed by atoms with E-state index in [1.54, 1.807) is 0 Å². The molecule has 1 aliphatic heterocycles. The van der Waals surface area contributed by atoms with Gasteiger partial charge in [0.25, 0.3) is 0 Å². The van der Waals surface area contributed by atoms with E-state index in [4.69, 9.17) is 0 Å². The summed E-state index contributed by atoms with van der Waals surface area (Å²) in [6.07, 6.45) is 3.51. The Morgan fingerprint density at radius 1 is 0.871 bits per heavy atom. The molecule has 3 unspecified atom stereocenters. The number of aldehydes is 1. The van der Waals surface area contributed by atoms with Crippen molar-refractivity contribution in [3.8, 4) is 0 Å². The Bertz CT molecular complexity index is 1240. The highest BCUT2D eigenvalue weighted by Crippen LogP contribution is 2.61. The van der Waals surface area contributed by atoms with E-state index in [0.717, 1.165) is 37.6 Å². The van der Waals surface area contributed by atoms with Gasteiger partial charge in [-0.2, -0.15) is 0 Å². The number of carbonyl (C=O) groups is 2. The van der Waals surface area contributed by atoms with E-state index in [9.17, 15) is 9.59 Å². The van der Waals surface area contributed by atoms with Gasteiger partial charge < -0.3 is 5.32 Å². The number of rotatable bonds is 3.